The molecule has 1 aliphatic heterocycles. The average Bonchev–Trinajstić information content (AvgIpc) is 2.82. The molecule has 1 aromatic heterocycles. The third-order valence-corrected chi connectivity index (χ3v) is 7.29. The van der Waals surface area contributed by atoms with Gasteiger partial charge in [0, 0.05) is 37.2 Å². The summed E-state index contributed by atoms with van der Waals surface area (Å²) in [5.74, 6) is -0.186. The molecule has 2 aliphatic carbocycles. The highest BCUT2D eigenvalue weighted by atomic mass is 16.2. The van der Waals surface area contributed by atoms with Gasteiger partial charge in [-0.05, 0) is 33.1 Å². The number of hydrogen-bond acceptors (Lipinski definition) is 4. The standard InChI is InChI=1S/C20H27N5O2/c1-12-16(13(2)25(4)23-12)17-14(9-15(26)24(17)3)22-18(27)20(11-21)10-19(20)7-5-6-8-19/h14,17H,5-10H2,1-4H3,(H,22,27)/t14-,17-,20-/m1/s1. The van der Waals surface area contributed by atoms with Gasteiger partial charge in [0.05, 0.1) is 23.8 Å². The molecular weight excluding hydrogens is 342 g/mol. The van der Waals surface area contributed by atoms with Crippen LogP contribution in [0.15, 0.2) is 0 Å². The van der Waals surface area contributed by atoms with E-state index in [0.29, 0.717) is 6.42 Å². The van der Waals surface area contributed by atoms with Gasteiger partial charge >= 0.3 is 0 Å². The van der Waals surface area contributed by atoms with Crippen LogP contribution in [0.2, 0.25) is 0 Å². The molecule has 2 heterocycles. The number of amides is 2. The van der Waals surface area contributed by atoms with Gasteiger partial charge in [0.15, 0.2) is 0 Å². The molecular formula is C20H27N5O2. The van der Waals surface area contributed by atoms with E-state index in [4.69, 9.17) is 0 Å². The number of nitriles is 1. The van der Waals surface area contributed by atoms with Crippen molar-refractivity contribution in [2.45, 2.75) is 64.5 Å². The lowest BCUT2D eigenvalue weighted by Gasteiger charge is -2.27. The van der Waals surface area contributed by atoms with Crippen molar-refractivity contribution in [1.29, 1.82) is 5.26 Å². The Morgan fingerprint density at radius 3 is 2.52 bits per heavy atom. The fourth-order valence-corrected chi connectivity index (χ4v) is 5.55. The number of aromatic nitrogens is 2. The Labute approximate surface area is 159 Å². The summed E-state index contributed by atoms with van der Waals surface area (Å²) in [6, 6.07) is 1.76. The summed E-state index contributed by atoms with van der Waals surface area (Å²) in [4.78, 5) is 27.3. The number of nitrogens with zero attached hydrogens (tertiary/aromatic N) is 4. The highest BCUT2D eigenvalue weighted by Crippen LogP contribution is 2.71. The zero-order valence-electron chi connectivity index (χ0n) is 16.5. The Morgan fingerprint density at radius 1 is 1.30 bits per heavy atom. The van der Waals surface area contributed by atoms with Gasteiger partial charge in [0.1, 0.15) is 5.41 Å². The van der Waals surface area contributed by atoms with E-state index in [9.17, 15) is 14.9 Å². The van der Waals surface area contributed by atoms with Crippen molar-refractivity contribution in [1.82, 2.24) is 20.0 Å². The lowest BCUT2D eigenvalue weighted by molar-refractivity contribution is -0.127. The Bertz CT molecular complexity index is 860. The van der Waals surface area contributed by atoms with Crippen LogP contribution >= 0.6 is 0 Å². The molecule has 7 nitrogen and oxygen atoms in total. The summed E-state index contributed by atoms with van der Waals surface area (Å²) < 4.78 is 1.81. The van der Waals surface area contributed by atoms with Gasteiger partial charge in [-0.1, -0.05) is 12.8 Å². The monoisotopic (exact) mass is 369 g/mol. The molecule has 3 atom stereocenters. The third kappa shape index (κ3) is 2.35. The van der Waals surface area contributed by atoms with Gasteiger partial charge in [-0.2, -0.15) is 10.4 Å². The minimum Gasteiger partial charge on any atom is -0.349 e. The first kappa shape index (κ1) is 18.0. The summed E-state index contributed by atoms with van der Waals surface area (Å²) in [6.45, 7) is 3.92. The molecule has 1 aromatic rings. The molecule has 0 unspecified atom stereocenters. The van der Waals surface area contributed by atoms with E-state index in [1.165, 1.54) is 0 Å². The van der Waals surface area contributed by atoms with E-state index in [2.05, 4.69) is 16.5 Å². The number of carbonyl (C=O) groups is 2. The van der Waals surface area contributed by atoms with Gasteiger partial charge in [0.25, 0.3) is 0 Å². The second kappa shape index (κ2) is 5.82. The molecule has 1 saturated heterocycles. The van der Waals surface area contributed by atoms with Crippen LogP contribution in [0, 0.1) is 36.0 Å². The van der Waals surface area contributed by atoms with Crippen LogP contribution in [0.5, 0.6) is 0 Å². The van der Waals surface area contributed by atoms with Crippen molar-refractivity contribution in [3.05, 3.63) is 17.0 Å². The van der Waals surface area contributed by atoms with Crippen LogP contribution in [0.25, 0.3) is 0 Å². The molecule has 4 rings (SSSR count). The van der Waals surface area contributed by atoms with Crippen LogP contribution in [-0.4, -0.2) is 39.6 Å². The van der Waals surface area contributed by atoms with Crippen LogP contribution in [0.1, 0.15) is 61.5 Å². The summed E-state index contributed by atoms with van der Waals surface area (Å²) in [5, 5.41) is 17.4. The second-order valence-electron chi connectivity index (χ2n) is 8.62. The number of rotatable bonds is 3. The molecule has 7 heteroatoms. The minimum absolute atomic E-state index is 0.00494. The maximum Gasteiger partial charge on any atom is 0.241 e. The maximum atomic E-state index is 13.2. The zero-order valence-corrected chi connectivity index (χ0v) is 16.5. The molecule has 0 radical (unpaired) electrons. The van der Waals surface area contributed by atoms with Gasteiger partial charge in [-0.25, -0.2) is 0 Å². The molecule has 3 fully saturated rings. The zero-order chi connectivity index (χ0) is 19.6. The Kier molecular flexibility index (Phi) is 3.88. The largest absolute Gasteiger partial charge is 0.349 e. The first-order chi connectivity index (χ1) is 12.8. The van der Waals surface area contributed by atoms with Crippen LogP contribution in [0.3, 0.4) is 0 Å². The maximum absolute atomic E-state index is 13.2. The Balaban J connectivity index is 1.62. The normalized spacial score (nSPS) is 31.4. The Morgan fingerprint density at radius 2 is 1.96 bits per heavy atom. The average molecular weight is 369 g/mol. The van der Waals surface area contributed by atoms with Gasteiger partial charge in [-0.15, -0.1) is 0 Å². The first-order valence-electron chi connectivity index (χ1n) is 9.74. The van der Waals surface area contributed by atoms with E-state index >= 15 is 0 Å². The molecule has 3 aliphatic rings. The predicted octanol–water partition coefficient (Wildman–Crippen LogP) is 1.90. The highest BCUT2D eigenvalue weighted by Gasteiger charge is 2.73. The van der Waals surface area contributed by atoms with E-state index in [1.54, 1.807) is 11.9 Å². The van der Waals surface area contributed by atoms with E-state index < -0.39 is 5.41 Å². The molecule has 2 amide bonds. The minimum atomic E-state index is -0.905. The molecule has 27 heavy (non-hydrogen) atoms. The van der Waals surface area contributed by atoms with Gasteiger partial charge in [-0.3, -0.25) is 14.3 Å². The number of likely N-dealkylation sites (N-methyl/N-ethyl adjacent to an activating group) is 1. The second-order valence-corrected chi connectivity index (χ2v) is 8.62. The lowest BCUT2D eigenvalue weighted by atomic mass is 9.90. The Hall–Kier alpha value is -2.36. The van der Waals surface area contributed by atoms with Crippen LogP contribution in [0.4, 0.5) is 0 Å². The predicted molar refractivity (Wildman–Crippen MR) is 98.3 cm³/mol. The van der Waals surface area contributed by atoms with Crippen molar-refractivity contribution in [2.24, 2.45) is 17.9 Å². The quantitative estimate of drug-likeness (QED) is 0.881. The van der Waals surface area contributed by atoms with E-state index in [1.807, 2.05) is 25.6 Å². The highest BCUT2D eigenvalue weighted by molar-refractivity contribution is 5.91. The van der Waals surface area contributed by atoms with Crippen molar-refractivity contribution < 1.29 is 9.59 Å². The summed E-state index contributed by atoms with van der Waals surface area (Å²) in [6.07, 6.45) is 5.03. The molecule has 2 saturated carbocycles. The third-order valence-electron chi connectivity index (χ3n) is 7.29. The van der Waals surface area contributed by atoms with Crippen LogP contribution < -0.4 is 5.32 Å². The fourth-order valence-electron chi connectivity index (χ4n) is 5.55. The molecule has 1 spiro atoms. The number of likely N-dealkylation sites (tertiary alicyclic amines) is 1. The lowest BCUT2D eigenvalue weighted by Crippen LogP contribution is -2.44. The molecule has 144 valence electrons. The van der Waals surface area contributed by atoms with Crippen molar-refractivity contribution in [3.8, 4) is 6.07 Å². The SMILES string of the molecule is Cc1nn(C)c(C)c1[C@H]1[C@H](NC(=O)[C@]2(C#N)CC23CCCC3)CC(=O)N1C. The smallest absolute Gasteiger partial charge is 0.241 e. The summed E-state index contributed by atoms with van der Waals surface area (Å²) >= 11 is 0. The topological polar surface area (TPSA) is 91.0 Å². The van der Waals surface area contributed by atoms with Crippen molar-refractivity contribution >= 4 is 11.8 Å². The molecule has 1 N–H and O–H groups in total. The first-order valence-corrected chi connectivity index (χ1v) is 9.74. The number of hydrogen-bond donors (Lipinski definition) is 1. The van der Waals surface area contributed by atoms with Crippen molar-refractivity contribution in [3.63, 3.8) is 0 Å². The molecule has 0 bridgehead atoms. The number of aryl methyl sites for hydroxylation is 2. The van der Waals surface area contributed by atoms with E-state index in [-0.39, 0.29) is 35.7 Å². The summed E-state index contributed by atoms with van der Waals surface area (Å²) in [7, 11) is 3.66. The van der Waals surface area contributed by atoms with E-state index in [0.717, 1.165) is 42.6 Å². The van der Waals surface area contributed by atoms with Crippen LogP contribution in [-0.2, 0) is 16.6 Å². The number of carbonyl (C=O) groups excluding carboxylic acids is 2. The van der Waals surface area contributed by atoms with Gasteiger partial charge < -0.3 is 10.2 Å². The molecule has 0 aromatic carbocycles. The van der Waals surface area contributed by atoms with Crippen molar-refractivity contribution in [2.75, 3.05) is 7.05 Å². The summed E-state index contributed by atoms with van der Waals surface area (Å²) in [5.41, 5.74) is 1.82. The fraction of sp³-hybridized carbons (Fsp3) is 0.700. The van der Waals surface area contributed by atoms with Gasteiger partial charge in [0.2, 0.25) is 11.8 Å². The number of nitrogens with one attached hydrogen (secondary N) is 1.